The van der Waals surface area contributed by atoms with E-state index in [0.29, 0.717) is 23.7 Å². The zero-order valence-electron chi connectivity index (χ0n) is 21.7. The summed E-state index contributed by atoms with van der Waals surface area (Å²) >= 11 is 0. The maximum atomic E-state index is 12.4. The molecule has 0 amide bonds. The second-order valence-electron chi connectivity index (χ2n) is 9.15. The highest BCUT2D eigenvalue weighted by atomic mass is 16.5. The summed E-state index contributed by atoms with van der Waals surface area (Å²) in [6.07, 6.45) is 13.7. The van der Waals surface area contributed by atoms with Gasteiger partial charge in [-0.2, -0.15) is 0 Å². The molecule has 0 saturated carbocycles. The van der Waals surface area contributed by atoms with E-state index in [1.807, 2.05) is 13.8 Å². The quantitative estimate of drug-likeness (QED) is 0.129. The summed E-state index contributed by atoms with van der Waals surface area (Å²) in [6, 6.07) is 13.5. The Balaban J connectivity index is 1.64. The van der Waals surface area contributed by atoms with Crippen molar-refractivity contribution in [1.29, 1.82) is 0 Å². The van der Waals surface area contributed by atoms with Crippen molar-refractivity contribution in [3.8, 4) is 17.2 Å². The van der Waals surface area contributed by atoms with Crippen LogP contribution < -0.4 is 14.2 Å². The summed E-state index contributed by atoms with van der Waals surface area (Å²) in [6.45, 7) is 6.70. The van der Waals surface area contributed by atoms with Gasteiger partial charge >= 0.3 is 11.9 Å². The molecule has 0 aromatic heterocycles. The summed E-state index contributed by atoms with van der Waals surface area (Å²) in [4.78, 5) is 24.3. The van der Waals surface area contributed by atoms with Crippen LogP contribution in [-0.4, -0.2) is 18.5 Å². The average molecular weight is 483 g/mol. The first-order valence-electron chi connectivity index (χ1n) is 13.3. The lowest BCUT2D eigenvalue weighted by atomic mass is 10.1. The largest absolute Gasteiger partial charge is 0.494 e. The number of carbonyl (C=O) groups excluding carboxylic acids is 2. The van der Waals surface area contributed by atoms with Crippen LogP contribution in [0.3, 0.4) is 0 Å². The highest BCUT2D eigenvalue weighted by Gasteiger charge is 2.14. The molecule has 5 heteroatoms. The van der Waals surface area contributed by atoms with Crippen molar-refractivity contribution in [2.45, 2.75) is 91.4 Å². The predicted octanol–water partition coefficient (Wildman–Crippen LogP) is 8.16. The molecule has 0 N–H and O–H groups in total. The number of hydrogen-bond acceptors (Lipinski definition) is 5. The lowest BCUT2D eigenvalue weighted by Gasteiger charge is -2.10. The number of ether oxygens (including phenoxy) is 3. The van der Waals surface area contributed by atoms with Gasteiger partial charge in [0.2, 0.25) is 0 Å². The first kappa shape index (κ1) is 28.4. The first-order valence-corrected chi connectivity index (χ1v) is 13.3. The van der Waals surface area contributed by atoms with Gasteiger partial charge in [0.05, 0.1) is 18.1 Å². The number of hydrogen-bond donors (Lipinski definition) is 0. The third-order valence-electron chi connectivity index (χ3n) is 6.12. The predicted molar refractivity (Wildman–Crippen MR) is 140 cm³/mol. The molecule has 35 heavy (non-hydrogen) atoms. The van der Waals surface area contributed by atoms with E-state index >= 15 is 0 Å². The minimum atomic E-state index is -0.449. The van der Waals surface area contributed by atoms with Crippen LogP contribution >= 0.6 is 0 Å². The summed E-state index contributed by atoms with van der Waals surface area (Å²) in [5.74, 6) is 0.696. The second-order valence-corrected chi connectivity index (χ2v) is 9.15. The van der Waals surface area contributed by atoms with Crippen molar-refractivity contribution in [2.75, 3.05) is 6.61 Å². The highest BCUT2D eigenvalue weighted by Crippen LogP contribution is 2.21. The topological polar surface area (TPSA) is 61.8 Å². The monoisotopic (exact) mass is 482 g/mol. The van der Waals surface area contributed by atoms with Crippen molar-refractivity contribution < 1.29 is 23.8 Å². The molecule has 0 aliphatic carbocycles. The lowest BCUT2D eigenvalue weighted by molar-refractivity contribution is -0.138. The van der Waals surface area contributed by atoms with Crippen LogP contribution in [0.1, 0.15) is 102 Å². The van der Waals surface area contributed by atoms with E-state index in [2.05, 4.69) is 6.92 Å². The maximum absolute atomic E-state index is 12.4. The van der Waals surface area contributed by atoms with Gasteiger partial charge in [0.25, 0.3) is 0 Å². The average Bonchev–Trinajstić information content (AvgIpc) is 2.88. The van der Waals surface area contributed by atoms with E-state index in [4.69, 9.17) is 14.2 Å². The molecule has 0 heterocycles. The molecule has 0 aliphatic rings. The maximum Gasteiger partial charge on any atom is 0.343 e. The third kappa shape index (κ3) is 11.4. The number of unbranched alkanes of at least 4 members (excludes halogenated alkanes) is 9. The van der Waals surface area contributed by atoms with Crippen LogP contribution in [0, 0.1) is 5.92 Å². The van der Waals surface area contributed by atoms with Crippen molar-refractivity contribution in [1.82, 2.24) is 0 Å². The van der Waals surface area contributed by atoms with Crippen molar-refractivity contribution in [2.24, 2.45) is 5.92 Å². The Morgan fingerprint density at radius 3 is 1.69 bits per heavy atom. The minimum Gasteiger partial charge on any atom is -0.494 e. The molecule has 192 valence electrons. The van der Waals surface area contributed by atoms with Crippen LogP contribution in [0.2, 0.25) is 0 Å². The SMILES string of the molecule is CCCCCCCCCCCCOc1ccc(C(=O)Oc2ccc(OC(=O)C(C)CC)cc2)cc1. The normalized spacial score (nSPS) is 11.6. The number of rotatable bonds is 17. The molecule has 0 bridgehead atoms. The van der Waals surface area contributed by atoms with E-state index in [1.54, 1.807) is 48.5 Å². The van der Waals surface area contributed by atoms with E-state index in [0.717, 1.165) is 18.6 Å². The summed E-state index contributed by atoms with van der Waals surface area (Å²) in [5, 5.41) is 0. The molecule has 0 spiro atoms. The molecule has 5 nitrogen and oxygen atoms in total. The number of benzene rings is 2. The van der Waals surface area contributed by atoms with Crippen molar-refractivity contribution in [3.63, 3.8) is 0 Å². The number of carbonyl (C=O) groups is 2. The molecule has 0 fully saturated rings. The first-order chi connectivity index (χ1) is 17.0. The van der Waals surface area contributed by atoms with Gasteiger partial charge in [-0.1, -0.05) is 78.6 Å². The molecule has 1 unspecified atom stereocenters. The van der Waals surface area contributed by atoms with Gasteiger partial charge in [-0.05, 0) is 61.4 Å². The van der Waals surface area contributed by atoms with Crippen LogP contribution in [-0.2, 0) is 4.79 Å². The Bertz CT molecular complexity index is 857. The summed E-state index contributed by atoms with van der Waals surface area (Å²) in [7, 11) is 0. The summed E-state index contributed by atoms with van der Waals surface area (Å²) < 4.78 is 16.5. The van der Waals surface area contributed by atoms with Crippen molar-refractivity contribution in [3.05, 3.63) is 54.1 Å². The van der Waals surface area contributed by atoms with Crippen LogP contribution in [0.4, 0.5) is 0 Å². The molecule has 0 saturated heterocycles. The zero-order chi connectivity index (χ0) is 25.3. The van der Waals surface area contributed by atoms with Crippen molar-refractivity contribution >= 4 is 11.9 Å². The Hall–Kier alpha value is -2.82. The fourth-order valence-electron chi connectivity index (χ4n) is 3.59. The molecule has 2 aromatic rings. The molecular weight excluding hydrogens is 440 g/mol. The minimum absolute atomic E-state index is 0.158. The zero-order valence-corrected chi connectivity index (χ0v) is 21.7. The molecule has 2 rings (SSSR count). The fourth-order valence-corrected chi connectivity index (χ4v) is 3.59. The van der Waals surface area contributed by atoms with Gasteiger partial charge in [-0.25, -0.2) is 4.79 Å². The van der Waals surface area contributed by atoms with E-state index in [9.17, 15) is 9.59 Å². The van der Waals surface area contributed by atoms with Crippen LogP contribution in [0.5, 0.6) is 17.2 Å². The Labute approximate surface area is 211 Å². The Morgan fingerprint density at radius 2 is 1.14 bits per heavy atom. The van der Waals surface area contributed by atoms with Gasteiger partial charge in [0, 0.05) is 0 Å². The molecule has 1 atom stereocenters. The highest BCUT2D eigenvalue weighted by molar-refractivity contribution is 5.91. The lowest BCUT2D eigenvalue weighted by Crippen LogP contribution is -2.16. The Kier molecular flexibility index (Phi) is 13.6. The van der Waals surface area contributed by atoms with E-state index < -0.39 is 5.97 Å². The second kappa shape index (κ2) is 16.7. The van der Waals surface area contributed by atoms with Crippen LogP contribution in [0.25, 0.3) is 0 Å². The molecular formula is C30H42O5. The van der Waals surface area contributed by atoms with Crippen LogP contribution in [0.15, 0.2) is 48.5 Å². The Morgan fingerprint density at radius 1 is 0.657 bits per heavy atom. The smallest absolute Gasteiger partial charge is 0.343 e. The third-order valence-corrected chi connectivity index (χ3v) is 6.12. The van der Waals surface area contributed by atoms with E-state index in [1.165, 1.54) is 57.8 Å². The van der Waals surface area contributed by atoms with Gasteiger partial charge < -0.3 is 14.2 Å². The number of esters is 2. The van der Waals surface area contributed by atoms with Gasteiger partial charge in [0.1, 0.15) is 17.2 Å². The van der Waals surface area contributed by atoms with Gasteiger partial charge in [-0.3, -0.25) is 4.79 Å². The van der Waals surface area contributed by atoms with E-state index in [-0.39, 0.29) is 11.9 Å². The van der Waals surface area contributed by atoms with Gasteiger partial charge in [0.15, 0.2) is 0 Å². The standard InChI is InChI=1S/C30H42O5/c1-4-6-7-8-9-10-11-12-13-14-23-33-26-17-15-25(16-18-26)30(32)35-28-21-19-27(20-22-28)34-29(31)24(3)5-2/h15-22,24H,4-14,23H2,1-3H3. The van der Waals surface area contributed by atoms with Gasteiger partial charge in [-0.15, -0.1) is 0 Å². The molecule has 0 aliphatic heterocycles. The molecule has 0 radical (unpaired) electrons. The summed E-state index contributed by atoms with van der Waals surface area (Å²) in [5.41, 5.74) is 0.448. The fraction of sp³-hybridized carbons (Fsp3) is 0.533. The molecule has 2 aromatic carbocycles.